The summed E-state index contributed by atoms with van der Waals surface area (Å²) in [5.41, 5.74) is 0. The minimum atomic E-state index is 0.224. The molecule has 0 aromatic heterocycles. The van der Waals surface area contributed by atoms with Crippen LogP contribution in [0.3, 0.4) is 0 Å². The van der Waals surface area contributed by atoms with Gasteiger partial charge in [-0.1, -0.05) is 97.1 Å². The Morgan fingerprint density at radius 2 is 1.07 bits per heavy atom. The van der Waals surface area contributed by atoms with E-state index in [2.05, 4.69) is 45.7 Å². The van der Waals surface area contributed by atoms with Crippen LogP contribution >= 0.6 is 31.9 Å². The molecule has 0 aliphatic carbocycles. The number of rotatable bonds is 10. The molecular formula is C13H26Br2. The van der Waals surface area contributed by atoms with Gasteiger partial charge in [0.1, 0.15) is 0 Å². The van der Waals surface area contributed by atoms with Crippen molar-refractivity contribution in [1.82, 2.24) is 0 Å². The monoisotopic (exact) mass is 340 g/mol. The largest absolute Gasteiger partial charge is 0.0805 e. The second kappa shape index (κ2) is 10.1. The van der Waals surface area contributed by atoms with Crippen LogP contribution < -0.4 is 0 Å². The van der Waals surface area contributed by atoms with Crippen LogP contribution in [0.5, 0.6) is 0 Å². The molecule has 0 radical (unpaired) electrons. The summed E-state index contributed by atoms with van der Waals surface area (Å²) >= 11 is 7.61. The van der Waals surface area contributed by atoms with Gasteiger partial charge in [-0.05, 0) is 12.8 Å². The van der Waals surface area contributed by atoms with Gasteiger partial charge in [0, 0.05) is 0 Å². The zero-order valence-corrected chi connectivity index (χ0v) is 13.5. The van der Waals surface area contributed by atoms with Crippen molar-refractivity contribution >= 4 is 31.9 Å². The van der Waals surface area contributed by atoms with Crippen molar-refractivity contribution in [2.45, 2.75) is 81.3 Å². The molecule has 0 saturated heterocycles. The Balaban J connectivity index is 3.40. The maximum atomic E-state index is 3.80. The highest BCUT2D eigenvalue weighted by atomic mass is 79.9. The maximum absolute atomic E-state index is 3.80. The molecule has 0 aliphatic heterocycles. The fourth-order valence-corrected chi connectivity index (χ4v) is 2.87. The molecule has 0 nitrogen and oxygen atoms in total. The summed E-state index contributed by atoms with van der Waals surface area (Å²) in [6.07, 6.45) is 13.4. The van der Waals surface area contributed by atoms with Crippen molar-refractivity contribution in [2.75, 3.05) is 0 Å². The van der Waals surface area contributed by atoms with Crippen molar-refractivity contribution in [3.8, 4) is 0 Å². The summed E-state index contributed by atoms with van der Waals surface area (Å²) < 4.78 is 0.224. The van der Waals surface area contributed by atoms with Gasteiger partial charge < -0.3 is 0 Å². The van der Waals surface area contributed by atoms with Crippen LogP contribution in [0.1, 0.15) is 78.1 Å². The summed E-state index contributed by atoms with van der Waals surface area (Å²) in [4.78, 5) is 0. The molecule has 0 N–H and O–H groups in total. The maximum Gasteiger partial charge on any atom is 0.0805 e. The Hall–Kier alpha value is 0.960. The molecule has 0 heterocycles. The summed E-state index contributed by atoms with van der Waals surface area (Å²) in [7, 11) is 0. The normalized spacial score (nSPS) is 12.0. The standard InChI is InChI=1S/C13H26Br2/c1-3-5-7-9-11-13(14,15)12-10-8-6-4-2/h3-12H2,1-2H3. The lowest BCUT2D eigenvalue weighted by Crippen LogP contribution is -2.10. The van der Waals surface area contributed by atoms with E-state index < -0.39 is 0 Å². The number of hydrogen-bond acceptors (Lipinski definition) is 0. The van der Waals surface area contributed by atoms with E-state index >= 15 is 0 Å². The molecule has 92 valence electrons. The van der Waals surface area contributed by atoms with Crippen LogP contribution in [-0.4, -0.2) is 3.23 Å². The zero-order valence-electron chi connectivity index (χ0n) is 10.3. The van der Waals surface area contributed by atoms with Gasteiger partial charge in [0.25, 0.3) is 0 Å². The first kappa shape index (κ1) is 16.0. The highest BCUT2D eigenvalue weighted by Gasteiger charge is 2.20. The minimum absolute atomic E-state index is 0.224. The summed E-state index contributed by atoms with van der Waals surface area (Å²) in [5.74, 6) is 0. The molecule has 0 aromatic carbocycles. The molecule has 0 aromatic rings. The van der Waals surface area contributed by atoms with Crippen LogP contribution in [0.2, 0.25) is 0 Å². The van der Waals surface area contributed by atoms with Gasteiger partial charge in [-0.25, -0.2) is 0 Å². The average molecular weight is 342 g/mol. The van der Waals surface area contributed by atoms with Crippen molar-refractivity contribution in [3.63, 3.8) is 0 Å². The lowest BCUT2D eigenvalue weighted by atomic mass is 10.1. The molecule has 0 fully saturated rings. The molecule has 2 heteroatoms. The lowest BCUT2D eigenvalue weighted by Gasteiger charge is -2.20. The quantitative estimate of drug-likeness (QED) is 0.318. The van der Waals surface area contributed by atoms with Crippen LogP contribution in [-0.2, 0) is 0 Å². The molecule has 0 saturated carbocycles. The van der Waals surface area contributed by atoms with Crippen molar-refractivity contribution in [2.24, 2.45) is 0 Å². The Morgan fingerprint density at radius 3 is 1.40 bits per heavy atom. The smallest absolute Gasteiger partial charge is 0.0727 e. The molecule has 0 unspecified atom stereocenters. The van der Waals surface area contributed by atoms with Crippen molar-refractivity contribution in [3.05, 3.63) is 0 Å². The fourth-order valence-electron chi connectivity index (χ4n) is 1.75. The van der Waals surface area contributed by atoms with Crippen LogP contribution in [0.25, 0.3) is 0 Å². The summed E-state index contributed by atoms with van der Waals surface area (Å²) in [6, 6.07) is 0. The van der Waals surface area contributed by atoms with E-state index in [9.17, 15) is 0 Å². The third-order valence-electron chi connectivity index (χ3n) is 2.79. The van der Waals surface area contributed by atoms with Crippen molar-refractivity contribution in [1.29, 1.82) is 0 Å². The van der Waals surface area contributed by atoms with Gasteiger partial charge in [0.15, 0.2) is 0 Å². The second-order valence-corrected chi connectivity index (χ2v) is 8.58. The number of halogens is 2. The van der Waals surface area contributed by atoms with Gasteiger partial charge in [0.2, 0.25) is 0 Å². The number of alkyl halides is 2. The molecule has 0 aliphatic rings. The second-order valence-electron chi connectivity index (χ2n) is 4.48. The predicted molar refractivity (Wildman–Crippen MR) is 78.1 cm³/mol. The third-order valence-corrected chi connectivity index (χ3v) is 4.38. The van der Waals surface area contributed by atoms with Crippen LogP contribution in [0, 0.1) is 0 Å². The van der Waals surface area contributed by atoms with E-state index in [1.54, 1.807) is 0 Å². The first-order valence-electron chi connectivity index (χ1n) is 6.50. The molecule has 0 amide bonds. The van der Waals surface area contributed by atoms with Gasteiger partial charge in [-0.3, -0.25) is 0 Å². The Kier molecular flexibility index (Phi) is 10.8. The third kappa shape index (κ3) is 11.2. The van der Waals surface area contributed by atoms with E-state index in [0.717, 1.165) is 0 Å². The minimum Gasteiger partial charge on any atom is -0.0727 e. The van der Waals surface area contributed by atoms with Gasteiger partial charge >= 0.3 is 0 Å². The number of hydrogen-bond donors (Lipinski definition) is 0. The highest BCUT2D eigenvalue weighted by Crippen LogP contribution is 2.37. The predicted octanol–water partition coefficient (Wildman–Crippen LogP) is 6.41. The molecule has 0 rings (SSSR count). The Labute approximate surface area is 113 Å². The molecule has 0 spiro atoms. The van der Waals surface area contributed by atoms with Crippen molar-refractivity contribution < 1.29 is 0 Å². The highest BCUT2D eigenvalue weighted by molar-refractivity contribution is 9.25. The van der Waals surface area contributed by atoms with Gasteiger partial charge in [-0.2, -0.15) is 0 Å². The SMILES string of the molecule is CCCCCCC(Br)(Br)CCCCCC. The van der Waals surface area contributed by atoms with E-state index in [0.29, 0.717) is 0 Å². The van der Waals surface area contributed by atoms with E-state index in [1.807, 2.05) is 0 Å². The van der Waals surface area contributed by atoms with Gasteiger partial charge in [-0.15, -0.1) is 0 Å². The fraction of sp³-hybridized carbons (Fsp3) is 1.00. The topological polar surface area (TPSA) is 0 Å². The Bertz CT molecular complexity index is 118. The van der Waals surface area contributed by atoms with Crippen LogP contribution in [0.15, 0.2) is 0 Å². The van der Waals surface area contributed by atoms with E-state index in [4.69, 9.17) is 0 Å². The van der Waals surface area contributed by atoms with E-state index in [-0.39, 0.29) is 3.23 Å². The first-order chi connectivity index (χ1) is 7.12. The van der Waals surface area contributed by atoms with E-state index in [1.165, 1.54) is 64.2 Å². The zero-order chi connectivity index (χ0) is 11.6. The first-order valence-corrected chi connectivity index (χ1v) is 8.09. The molecule has 0 atom stereocenters. The lowest BCUT2D eigenvalue weighted by molar-refractivity contribution is 0.553. The average Bonchev–Trinajstić information content (AvgIpc) is 2.20. The molecule has 0 bridgehead atoms. The summed E-state index contributed by atoms with van der Waals surface area (Å²) in [6.45, 7) is 4.53. The molecule has 15 heavy (non-hydrogen) atoms. The number of unbranched alkanes of at least 4 members (excludes halogenated alkanes) is 6. The Morgan fingerprint density at radius 1 is 0.667 bits per heavy atom. The van der Waals surface area contributed by atoms with Gasteiger partial charge in [0.05, 0.1) is 3.23 Å². The van der Waals surface area contributed by atoms with Crippen LogP contribution in [0.4, 0.5) is 0 Å². The summed E-state index contributed by atoms with van der Waals surface area (Å²) in [5, 5.41) is 0. The molecular weight excluding hydrogens is 316 g/mol.